The number of rotatable bonds is 8. The van der Waals surface area contributed by atoms with Gasteiger partial charge in [0.2, 0.25) is 0 Å². The first-order chi connectivity index (χ1) is 21.0. The first-order valence-corrected chi connectivity index (χ1v) is 14.7. The van der Waals surface area contributed by atoms with Crippen LogP contribution in [-0.4, -0.2) is 53.2 Å². The molecule has 0 N–H and O–H groups in total. The van der Waals surface area contributed by atoms with Crippen LogP contribution >= 0.6 is 0 Å². The molecule has 1 aliphatic rings. The molecular weight excluding hydrogens is 538 g/mol. The first kappa shape index (κ1) is 28.5. The first-order valence-electron chi connectivity index (χ1n) is 14.7. The largest absolute Gasteiger partial charge is 0.379 e. The molecule has 1 saturated heterocycles. The molecule has 7 heteroatoms. The number of aromatic nitrogens is 1. The minimum Gasteiger partial charge on any atom is -0.379 e. The molecule has 6 rings (SSSR count). The molecule has 0 aliphatic carbocycles. The smallest absolute Gasteiger partial charge is 0.356 e. The van der Waals surface area contributed by atoms with E-state index in [9.17, 15) is 9.59 Å². The zero-order chi connectivity index (χ0) is 29.9. The van der Waals surface area contributed by atoms with Gasteiger partial charge in [-0.15, -0.1) is 0 Å². The summed E-state index contributed by atoms with van der Waals surface area (Å²) in [6.45, 7) is 9.13. The Bertz CT molecular complexity index is 1830. The van der Waals surface area contributed by atoms with Crippen molar-refractivity contribution >= 4 is 39.3 Å². The Morgan fingerprint density at radius 1 is 0.860 bits per heavy atom. The Kier molecular flexibility index (Phi) is 8.18. The molecule has 1 aromatic heterocycles. The lowest BCUT2D eigenvalue weighted by molar-refractivity contribution is -0.152. The van der Waals surface area contributed by atoms with Crippen LogP contribution in [0.4, 0.5) is 0 Å². The number of fused-ring (bicyclic) bond motifs is 3. The molecule has 1 fully saturated rings. The van der Waals surface area contributed by atoms with Crippen molar-refractivity contribution in [3.63, 3.8) is 0 Å². The summed E-state index contributed by atoms with van der Waals surface area (Å²) in [5, 5.41) is 6.31. The number of ketones is 1. The predicted octanol–water partition coefficient (Wildman–Crippen LogP) is 6.69. The van der Waals surface area contributed by atoms with Crippen LogP contribution in [0.1, 0.15) is 52.5 Å². The highest BCUT2D eigenvalue weighted by Gasteiger charge is 2.31. The highest BCUT2D eigenvalue weighted by atomic mass is 16.7. The minimum atomic E-state index is -0.559. The van der Waals surface area contributed by atoms with Gasteiger partial charge in [0.25, 0.3) is 0 Å². The van der Waals surface area contributed by atoms with E-state index in [1.165, 1.54) is 0 Å². The van der Waals surface area contributed by atoms with Gasteiger partial charge in [-0.1, -0.05) is 65.8 Å². The van der Waals surface area contributed by atoms with E-state index in [1.54, 1.807) is 0 Å². The third kappa shape index (κ3) is 5.61. The number of carbonyl (C=O) groups is 2. The van der Waals surface area contributed by atoms with E-state index in [-0.39, 0.29) is 5.78 Å². The third-order valence-corrected chi connectivity index (χ3v) is 8.27. The molecule has 7 nitrogen and oxygen atoms in total. The number of hydrogen-bond acceptors (Lipinski definition) is 6. The quantitative estimate of drug-likeness (QED) is 0.0895. The number of morpholine rings is 1. The van der Waals surface area contributed by atoms with E-state index in [2.05, 4.69) is 33.7 Å². The Morgan fingerprint density at radius 2 is 1.49 bits per heavy atom. The monoisotopic (exact) mass is 573 g/mol. The van der Waals surface area contributed by atoms with Crippen molar-refractivity contribution in [1.29, 1.82) is 0 Å². The van der Waals surface area contributed by atoms with Crippen molar-refractivity contribution in [2.45, 2.75) is 33.4 Å². The minimum absolute atomic E-state index is 0.00597. The van der Waals surface area contributed by atoms with Crippen molar-refractivity contribution in [3.05, 3.63) is 119 Å². The van der Waals surface area contributed by atoms with Gasteiger partial charge in [0.05, 0.1) is 18.9 Å². The highest BCUT2D eigenvalue weighted by Crippen LogP contribution is 2.32. The maximum atomic E-state index is 13.4. The Morgan fingerprint density at radius 3 is 2.16 bits per heavy atom. The molecule has 218 valence electrons. The fourth-order valence-corrected chi connectivity index (χ4v) is 5.98. The van der Waals surface area contributed by atoms with Gasteiger partial charge >= 0.3 is 5.97 Å². The molecule has 5 aromatic rings. The van der Waals surface area contributed by atoms with E-state index >= 15 is 0 Å². The number of benzene rings is 4. The lowest BCUT2D eigenvalue weighted by Gasteiger charge is -2.32. The molecular formula is C36H35N3O4. The zero-order valence-electron chi connectivity index (χ0n) is 24.7. The average molecular weight is 574 g/mol. The van der Waals surface area contributed by atoms with Gasteiger partial charge in [-0.05, 0) is 67.8 Å². The van der Waals surface area contributed by atoms with E-state index in [0.29, 0.717) is 43.1 Å². The fraction of sp³-hybridized carbons (Fsp3) is 0.250. The van der Waals surface area contributed by atoms with Gasteiger partial charge in [0.15, 0.2) is 5.78 Å². The maximum absolute atomic E-state index is 13.4. The maximum Gasteiger partial charge on any atom is 0.356 e. The normalized spacial score (nSPS) is 15.1. The number of oxime groups is 1. The second kappa shape index (κ2) is 12.3. The van der Waals surface area contributed by atoms with Gasteiger partial charge in [-0.3, -0.25) is 9.69 Å². The van der Waals surface area contributed by atoms with Crippen LogP contribution in [0.15, 0.2) is 96.2 Å². The van der Waals surface area contributed by atoms with Crippen molar-refractivity contribution in [2.24, 2.45) is 5.16 Å². The van der Waals surface area contributed by atoms with Crippen molar-refractivity contribution in [3.8, 4) is 0 Å². The van der Waals surface area contributed by atoms with Crippen LogP contribution in [0.5, 0.6) is 0 Å². The third-order valence-electron chi connectivity index (χ3n) is 8.27. The Labute approximate surface area is 251 Å². The summed E-state index contributed by atoms with van der Waals surface area (Å²) in [6, 6.07) is 28.8. The number of ether oxygens (including phenoxy) is 1. The van der Waals surface area contributed by atoms with Gasteiger partial charge in [-0.2, -0.15) is 0 Å². The molecule has 0 radical (unpaired) electrons. The fourth-order valence-electron chi connectivity index (χ4n) is 5.98. The van der Waals surface area contributed by atoms with Gasteiger partial charge in [0.1, 0.15) is 6.04 Å². The second-order valence-electron chi connectivity index (χ2n) is 10.9. The van der Waals surface area contributed by atoms with Crippen LogP contribution in [0.2, 0.25) is 0 Å². The predicted molar refractivity (Wildman–Crippen MR) is 170 cm³/mol. The summed E-state index contributed by atoms with van der Waals surface area (Å²) in [7, 11) is 0. The summed E-state index contributed by atoms with van der Waals surface area (Å²) in [5.41, 5.74) is 6.75. The molecule has 1 aliphatic heterocycles. The van der Waals surface area contributed by atoms with Crippen LogP contribution in [0, 0.1) is 6.92 Å². The molecule has 0 amide bonds. The van der Waals surface area contributed by atoms with Crippen LogP contribution < -0.4 is 0 Å². The van der Waals surface area contributed by atoms with Gasteiger partial charge < -0.3 is 14.1 Å². The summed E-state index contributed by atoms with van der Waals surface area (Å²) < 4.78 is 7.75. The van der Waals surface area contributed by atoms with Crippen LogP contribution in [0.3, 0.4) is 0 Å². The molecule has 43 heavy (non-hydrogen) atoms. The number of nitrogens with zero attached hydrogens (tertiary/aromatic N) is 3. The standard InChI is InChI=1S/C36H35N3O4/c1-4-39-32-16-14-27(22-30(32)31-23-28(15-17-33(31)39)35(40)29-13-9-8-10-24(29)2)25(3)37-43-36(41)34(26-11-6-5-7-12-26)38-18-20-42-21-19-38/h5-17,22-23,34H,4,18-21H2,1-3H3/b37-25+. The van der Waals surface area contributed by atoms with Crippen LogP contribution in [0.25, 0.3) is 21.8 Å². The van der Waals surface area contributed by atoms with Crippen molar-refractivity contribution < 1.29 is 19.2 Å². The Balaban J connectivity index is 1.33. The molecule has 1 unspecified atom stereocenters. The number of hydrogen-bond donors (Lipinski definition) is 0. The lowest BCUT2D eigenvalue weighted by Crippen LogP contribution is -2.42. The number of carbonyl (C=O) groups excluding carboxylic acids is 2. The highest BCUT2D eigenvalue weighted by molar-refractivity contribution is 6.16. The zero-order valence-corrected chi connectivity index (χ0v) is 24.7. The summed E-state index contributed by atoms with van der Waals surface area (Å²) in [6.07, 6.45) is 0. The van der Waals surface area contributed by atoms with E-state index in [0.717, 1.165) is 45.0 Å². The van der Waals surface area contributed by atoms with E-state index in [1.807, 2.05) is 92.7 Å². The van der Waals surface area contributed by atoms with Crippen LogP contribution in [-0.2, 0) is 20.9 Å². The van der Waals surface area contributed by atoms with Gasteiger partial charge in [-0.25, -0.2) is 4.79 Å². The van der Waals surface area contributed by atoms with E-state index < -0.39 is 12.0 Å². The average Bonchev–Trinajstić information content (AvgIpc) is 3.37. The summed E-state index contributed by atoms with van der Waals surface area (Å²) in [4.78, 5) is 34.5. The lowest BCUT2D eigenvalue weighted by atomic mass is 9.97. The second-order valence-corrected chi connectivity index (χ2v) is 10.9. The molecule has 2 heterocycles. The van der Waals surface area contributed by atoms with E-state index in [4.69, 9.17) is 9.57 Å². The summed E-state index contributed by atoms with van der Waals surface area (Å²) >= 11 is 0. The number of aryl methyl sites for hydroxylation is 2. The topological polar surface area (TPSA) is 73.1 Å². The molecule has 0 saturated carbocycles. The van der Waals surface area contributed by atoms with Crippen molar-refractivity contribution in [1.82, 2.24) is 9.47 Å². The summed E-state index contributed by atoms with van der Waals surface area (Å²) in [5.74, 6) is -0.415. The molecule has 1 atom stereocenters. The molecule has 0 spiro atoms. The molecule has 4 aromatic carbocycles. The van der Waals surface area contributed by atoms with Gasteiger partial charge in [0, 0.05) is 52.6 Å². The SMILES string of the molecule is CCn1c2ccc(C(=O)c3ccccc3C)cc2c2cc(/C(C)=N/OC(=O)C(c3ccccc3)N3CCOCC3)ccc21. The Hall–Kier alpha value is -4.59. The van der Waals surface area contributed by atoms with Crippen molar-refractivity contribution in [2.75, 3.05) is 26.3 Å². The molecule has 0 bridgehead atoms.